The lowest BCUT2D eigenvalue weighted by molar-refractivity contribution is -0.206. The zero-order valence-corrected chi connectivity index (χ0v) is 28.4. The summed E-state index contributed by atoms with van der Waals surface area (Å²) < 4.78 is 0. The summed E-state index contributed by atoms with van der Waals surface area (Å²) >= 11 is 0. The minimum absolute atomic E-state index is 0.0296. The van der Waals surface area contributed by atoms with Crippen LogP contribution in [0.5, 0.6) is 0 Å². The Morgan fingerprint density at radius 3 is 1.41 bits per heavy atom. The fourth-order valence-electron chi connectivity index (χ4n) is 7.51. The molecule has 0 aromatic heterocycles. The number of amides is 1. The Labute approximate surface area is 288 Å². The third kappa shape index (κ3) is 7.07. The van der Waals surface area contributed by atoms with Gasteiger partial charge < -0.3 is 15.1 Å². The van der Waals surface area contributed by atoms with E-state index in [2.05, 4.69) is 0 Å². The van der Waals surface area contributed by atoms with Gasteiger partial charge in [-0.3, -0.25) is 9.59 Å². The van der Waals surface area contributed by atoms with E-state index < -0.39 is 46.5 Å². The molecule has 2 N–H and O–H groups in total. The molecule has 4 aromatic rings. The molecule has 0 radical (unpaired) electrons. The molecule has 7 heteroatoms. The lowest BCUT2D eigenvalue weighted by Crippen LogP contribution is -2.80. The Hall–Kier alpha value is -5.04. The number of rotatable bonds is 15. The number of hydrogen-bond donors (Lipinski definition) is 2. The van der Waals surface area contributed by atoms with Crippen molar-refractivity contribution < 1.29 is 29.4 Å². The molecule has 1 unspecified atom stereocenters. The number of benzene rings is 4. The van der Waals surface area contributed by atoms with Crippen molar-refractivity contribution in [2.45, 2.75) is 76.3 Å². The van der Waals surface area contributed by atoms with Gasteiger partial charge in [0, 0.05) is 23.2 Å². The van der Waals surface area contributed by atoms with Gasteiger partial charge in [-0.25, -0.2) is 9.59 Å². The highest BCUT2D eigenvalue weighted by Gasteiger charge is 2.69. The topological polar surface area (TPSA) is 112 Å². The number of carbonyl (C=O) groups excluding carboxylic acids is 2. The normalized spacial score (nSPS) is 19.0. The summed E-state index contributed by atoms with van der Waals surface area (Å²) in [5.74, 6) is -5.71. The number of ketones is 1. The van der Waals surface area contributed by atoms with E-state index in [1.165, 1.54) is 0 Å². The number of carboxylic acids is 2. The number of aliphatic carboxylic acids is 2. The quantitative estimate of drug-likeness (QED) is 0.125. The molecular weight excluding hydrogens is 614 g/mol. The fraction of sp³-hybridized carbons (Fsp3) is 0.333. The predicted octanol–water partition coefficient (Wildman–Crippen LogP) is 7.95. The van der Waals surface area contributed by atoms with Crippen LogP contribution in [0.1, 0.15) is 87.0 Å². The molecule has 0 aliphatic carbocycles. The molecule has 7 nitrogen and oxygen atoms in total. The van der Waals surface area contributed by atoms with Gasteiger partial charge >= 0.3 is 11.9 Å². The van der Waals surface area contributed by atoms with Crippen LogP contribution >= 0.6 is 0 Å². The van der Waals surface area contributed by atoms with E-state index in [1.807, 2.05) is 121 Å². The molecule has 1 amide bonds. The zero-order valence-electron chi connectivity index (χ0n) is 28.4. The number of hydrogen-bond acceptors (Lipinski definition) is 4. The summed E-state index contributed by atoms with van der Waals surface area (Å²) in [6.45, 7) is 5.04. The molecule has 1 heterocycles. The Bertz CT molecular complexity index is 1660. The molecule has 1 aliphatic rings. The van der Waals surface area contributed by atoms with Gasteiger partial charge in [0.25, 0.3) is 5.91 Å². The summed E-state index contributed by atoms with van der Waals surface area (Å²) in [6.07, 6.45) is 1.30. The van der Waals surface area contributed by atoms with Crippen molar-refractivity contribution in [3.05, 3.63) is 144 Å². The Kier molecular flexibility index (Phi) is 10.8. The van der Waals surface area contributed by atoms with Gasteiger partial charge in [0.2, 0.25) is 5.78 Å². The van der Waals surface area contributed by atoms with Crippen molar-refractivity contribution in [3.63, 3.8) is 0 Å². The lowest BCUT2D eigenvalue weighted by Gasteiger charge is -2.60. The monoisotopic (exact) mass is 659 g/mol. The van der Waals surface area contributed by atoms with Crippen LogP contribution in [-0.4, -0.2) is 50.3 Å². The van der Waals surface area contributed by atoms with Gasteiger partial charge in [0.1, 0.15) is 11.6 Å². The molecule has 0 saturated carbocycles. The molecule has 5 rings (SSSR count). The minimum atomic E-state index is -1.90. The average molecular weight is 660 g/mol. The van der Waals surface area contributed by atoms with E-state index in [0.29, 0.717) is 19.3 Å². The van der Waals surface area contributed by atoms with E-state index in [4.69, 9.17) is 0 Å². The summed E-state index contributed by atoms with van der Waals surface area (Å²) in [6, 6.07) is 37.8. The zero-order chi connectivity index (χ0) is 35.2. The van der Waals surface area contributed by atoms with Crippen molar-refractivity contribution in [1.29, 1.82) is 0 Å². The van der Waals surface area contributed by atoms with Crippen LogP contribution in [0.25, 0.3) is 0 Å². The number of likely N-dealkylation sites (tertiary alicyclic amines) is 1. The Morgan fingerprint density at radius 1 is 0.673 bits per heavy atom. The van der Waals surface area contributed by atoms with E-state index in [1.54, 1.807) is 20.8 Å². The highest BCUT2D eigenvalue weighted by atomic mass is 16.4. The van der Waals surface area contributed by atoms with Crippen molar-refractivity contribution in [2.75, 3.05) is 0 Å². The van der Waals surface area contributed by atoms with Gasteiger partial charge in [-0.2, -0.15) is 0 Å². The first-order chi connectivity index (χ1) is 23.5. The second kappa shape index (κ2) is 15.0. The van der Waals surface area contributed by atoms with E-state index in [9.17, 15) is 29.4 Å². The molecule has 1 fully saturated rings. The van der Waals surface area contributed by atoms with Crippen molar-refractivity contribution in [3.8, 4) is 0 Å². The summed E-state index contributed by atoms with van der Waals surface area (Å²) in [7, 11) is 0. The highest BCUT2D eigenvalue weighted by molar-refractivity contribution is 6.39. The van der Waals surface area contributed by atoms with Gasteiger partial charge in [0.15, 0.2) is 0 Å². The number of carboxylic acid groups (broad SMARTS) is 2. The van der Waals surface area contributed by atoms with Crippen molar-refractivity contribution >= 4 is 23.6 Å². The Morgan fingerprint density at radius 2 is 1.06 bits per heavy atom. The smallest absolute Gasteiger partial charge is 0.330 e. The van der Waals surface area contributed by atoms with Crippen molar-refractivity contribution in [2.24, 2.45) is 11.3 Å². The van der Waals surface area contributed by atoms with E-state index in [-0.39, 0.29) is 24.7 Å². The molecule has 0 spiro atoms. The second-order valence-corrected chi connectivity index (χ2v) is 13.7. The Balaban J connectivity index is 1.58. The van der Waals surface area contributed by atoms with Crippen LogP contribution in [0.4, 0.5) is 0 Å². The number of nitrogens with zero attached hydrogens (tertiary/aromatic N) is 1. The van der Waals surface area contributed by atoms with Crippen LogP contribution in [-0.2, 0) is 19.2 Å². The maximum Gasteiger partial charge on any atom is 0.330 e. The van der Waals surface area contributed by atoms with Crippen LogP contribution < -0.4 is 0 Å². The lowest BCUT2D eigenvalue weighted by atomic mass is 9.61. The van der Waals surface area contributed by atoms with E-state index in [0.717, 1.165) is 27.2 Å². The molecule has 4 aromatic carbocycles. The third-order valence-corrected chi connectivity index (χ3v) is 10.6. The molecule has 3 atom stereocenters. The largest absolute Gasteiger partial charge is 0.480 e. The maximum absolute atomic E-state index is 14.1. The number of Topliss-reactive ketones (excluding diaryl/α,β-unsaturated/α-hetero) is 1. The molecule has 1 aliphatic heterocycles. The second-order valence-electron chi connectivity index (χ2n) is 13.7. The first kappa shape index (κ1) is 35.3. The van der Waals surface area contributed by atoms with E-state index >= 15 is 0 Å². The number of carbonyl (C=O) groups is 4. The van der Waals surface area contributed by atoms with Crippen LogP contribution in [0.3, 0.4) is 0 Å². The van der Waals surface area contributed by atoms with Gasteiger partial charge in [-0.15, -0.1) is 0 Å². The molecule has 49 heavy (non-hydrogen) atoms. The average Bonchev–Trinajstić information content (AvgIpc) is 3.11. The van der Waals surface area contributed by atoms with Crippen LogP contribution in [0, 0.1) is 11.3 Å². The third-order valence-electron chi connectivity index (χ3n) is 10.6. The first-order valence-corrected chi connectivity index (χ1v) is 17.1. The minimum Gasteiger partial charge on any atom is -0.480 e. The van der Waals surface area contributed by atoms with Crippen LogP contribution in [0.15, 0.2) is 121 Å². The highest BCUT2D eigenvalue weighted by Crippen LogP contribution is 2.52. The standard InChI is InChI=1S/C42H45NO6/c1-4-41(2,3)37(44)38(45)43-36(39(46)47)35(26-25-33(29-17-9-5-10-18-29)30-19-11-6-12-20-30)42(43,40(48)49)28-27-34(31-21-13-7-14-22-31)32-23-15-8-16-24-32/h5-24,33-36H,4,25-28H2,1-3H3,(H,46,47)(H,48,49)/t35?,36-,42+/m1/s1. The summed E-state index contributed by atoms with van der Waals surface area (Å²) in [4.78, 5) is 55.4. The first-order valence-electron chi connectivity index (χ1n) is 17.1. The van der Waals surface area contributed by atoms with Gasteiger partial charge in [0.05, 0.1) is 0 Å². The van der Waals surface area contributed by atoms with Gasteiger partial charge in [-0.1, -0.05) is 142 Å². The molecular formula is C42H45NO6. The van der Waals surface area contributed by atoms with Gasteiger partial charge in [-0.05, 0) is 54.4 Å². The summed E-state index contributed by atoms with van der Waals surface area (Å²) in [5, 5.41) is 21.8. The predicted molar refractivity (Wildman–Crippen MR) is 189 cm³/mol. The fourth-order valence-corrected chi connectivity index (χ4v) is 7.51. The summed E-state index contributed by atoms with van der Waals surface area (Å²) in [5.41, 5.74) is 1.03. The van der Waals surface area contributed by atoms with Crippen molar-refractivity contribution in [1.82, 2.24) is 4.90 Å². The molecule has 1 saturated heterocycles. The van der Waals surface area contributed by atoms with Crippen LogP contribution in [0.2, 0.25) is 0 Å². The molecule has 254 valence electrons. The molecule has 0 bridgehead atoms. The maximum atomic E-state index is 14.1. The SMILES string of the molecule is CCC(C)(C)C(=O)C(=O)N1[C@@H](C(=O)O)C(CCC(c2ccccc2)c2ccccc2)[C@@]1(CCC(c1ccccc1)c1ccccc1)C(=O)O.